The van der Waals surface area contributed by atoms with Gasteiger partial charge in [0.05, 0.1) is 18.4 Å². The quantitative estimate of drug-likeness (QED) is 0.612. The maximum atomic E-state index is 13.5. The van der Waals surface area contributed by atoms with Gasteiger partial charge in [0.1, 0.15) is 29.6 Å². The fraction of sp³-hybridized carbons (Fsp3) is 0.261. The number of rotatable bonds is 1. The van der Waals surface area contributed by atoms with Gasteiger partial charge in [-0.2, -0.15) is 5.10 Å². The van der Waals surface area contributed by atoms with E-state index in [1.165, 1.54) is 13.1 Å². The van der Waals surface area contributed by atoms with Gasteiger partial charge < -0.3 is 15.0 Å². The van der Waals surface area contributed by atoms with E-state index in [-0.39, 0.29) is 24.5 Å². The molecular weight excluding hydrogens is 425 g/mol. The molecule has 2 bridgehead atoms. The summed E-state index contributed by atoms with van der Waals surface area (Å²) in [6.07, 6.45) is 7.68. The van der Waals surface area contributed by atoms with Crippen molar-refractivity contribution in [1.29, 1.82) is 0 Å². The zero-order valence-corrected chi connectivity index (χ0v) is 18.0. The van der Waals surface area contributed by atoms with Crippen molar-refractivity contribution in [2.75, 3.05) is 16.8 Å². The summed E-state index contributed by atoms with van der Waals surface area (Å²) in [4.78, 5) is 28.4. The molecule has 1 saturated heterocycles. The second-order valence-corrected chi connectivity index (χ2v) is 7.89. The van der Waals surface area contributed by atoms with Crippen molar-refractivity contribution in [2.45, 2.75) is 32.4 Å². The summed E-state index contributed by atoms with van der Waals surface area (Å²) in [5.41, 5.74) is 2.05. The molecule has 5 rings (SSSR count). The molecule has 1 amide bonds. The van der Waals surface area contributed by atoms with E-state index in [0.29, 0.717) is 34.0 Å². The molecule has 0 aliphatic carbocycles. The highest BCUT2D eigenvalue weighted by molar-refractivity contribution is 6.08. The molecule has 10 heteroatoms. The lowest BCUT2D eigenvalue weighted by Crippen LogP contribution is -2.34. The molecule has 5 heterocycles. The maximum Gasteiger partial charge on any atom is 0.262 e. The predicted octanol–water partition coefficient (Wildman–Crippen LogP) is 3.66. The molecule has 0 spiro atoms. The van der Waals surface area contributed by atoms with Crippen LogP contribution in [0.2, 0.25) is 0 Å². The van der Waals surface area contributed by atoms with Gasteiger partial charge in [-0.15, -0.1) is 0 Å². The Bertz CT molecular complexity index is 1310. The first kappa shape index (κ1) is 20.8. The van der Waals surface area contributed by atoms with Crippen LogP contribution < -0.4 is 10.2 Å². The van der Waals surface area contributed by atoms with E-state index < -0.39 is 5.83 Å². The summed E-state index contributed by atoms with van der Waals surface area (Å²) >= 11 is 0. The number of amides is 1. The van der Waals surface area contributed by atoms with Gasteiger partial charge in [0.15, 0.2) is 5.65 Å². The molecule has 1 N–H and O–H groups in total. The van der Waals surface area contributed by atoms with Gasteiger partial charge in [0.25, 0.3) is 5.91 Å². The molecule has 1 fully saturated rings. The summed E-state index contributed by atoms with van der Waals surface area (Å²) in [6.45, 7) is 6.38. The minimum atomic E-state index is -0.448. The van der Waals surface area contributed by atoms with E-state index in [9.17, 15) is 9.18 Å². The Morgan fingerprint density at radius 3 is 3.15 bits per heavy atom. The topological polar surface area (TPSA) is 97.0 Å². The van der Waals surface area contributed by atoms with Crippen molar-refractivity contribution in [3.63, 3.8) is 0 Å². The van der Waals surface area contributed by atoms with Crippen LogP contribution in [0.1, 0.15) is 35.7 Å². The van der Waals surface area contributed by atoms with Crippen LogP contribution in [0.15, 0.2) is 66.0 Å². The molecule has 0 saturated carbocycles. The number of aliphatic imine (C=N–C) groups is 1. The lowest BCUT2D eigenvalue weighted by Gasteiger charge is -2.28. The Labute approximate surface area is 189 Å². The highest BCUT2D eigenvalue weighted by atomic mass is 19.1. The van der Waals surface area contributed by atoms with Crippen molar-refractivity contribution < 1.29 is 13.9 Å². The van der Waals surface area contributed by atoms with Gasteiger partial charge in [0.2, 0.25) is 5.90 Å². The molecule has 1 atom stereocenters. The van der Waals surface area contributed by atoms with Gasteiger partial charge in [0, 0.05) is 30.1 Å². The SMILES string of the molecule is C=C1C(=N/C=C(\C)F)OCc2cccnc2NC(=O)c2cnn3ccc(nc23)N2CCC[C@H]12. The smallest absolute Gasteiger partial charge is 0.262 e. The van der Waals surface area contributed by atoms with Crippen molar-refractivity contribution in [3.05, 3.63) is 72.1 Å². The molecule has 2 aliphatic heterocycles. The second-order valence-electron chi connectivity index (χ2n) is 7.89. The van der Waals surface area contributed by atoms with Crippen molar-refractivity contribution in [3.8, 4) is 0 Å². The van der Waals surface area contributed by atoms with Crippen molar-refractivity contribution in [2.24, 2.45) is 4.99 Å². The normalized spacial score (nSPS) is 20.4. The minimum Gasteiger partial charge on any atom is -0.472 e. The number of aromatic nitrogens is 4. The summed E-state index contributed by atoms with van der Waals surface area (Å²) in [6, 6.07) is 5.25. The van der Waals surface area contributed by atoms with E-state index in [1.807, 2.05) is 6.07 Å². The maximum absolute atomic E-state index is 13.5. The number of hydrogen-bond donors (Lipinski definition) is 1. The van der Waals surface area contributed by atoms with Crippen LogP contribution in [0.5, 0.6) is 0 Å². The van der Waals surface area contributed by atoms with Crippen LogP contribution in [-0.4, -0.2) is 44.0 Å². The van der Waals surface area contributed by atoms with Crippen LogP contribution in [0.4, 0.5) is 16.0 Å². The predicted molar refractivity (Wildman–Crippen MR) is 122 cm³/mol. The Morgan fingerprint density at radius 2 is 2.30 bits per heavy atom. The Balaban J connectivity index is 1.66. The number of fused-ring (bicyclic) bond motifs is 4. The lowest BCUT2D eigenvalue weighted by atomic mass is 10.1. The number of nitrogens with one attached hydrogen (secondary N) is 1. The van der Waals surface area contributed by atoms with Gasteiger partial charge in [-0.05, 0) is 31.9 Å². The van der Waals surface area contributed by atoms with E-state index in [4.69, 9.17) is 9.72 Å². The summed E-state index contributed by atoms with van der Waals surface area (Å²) < 4.78 is 21.0. The second kappa shape index (κ2) is 8.45. The first-order valence-electron chi connectivity index (χ1n) is 10.6. The van der Waals surface area contributed by atoms with E-state index in [2.05, 4.69) is 31.9 Å². The molecule has 3 aromatic rings. The number of allylic oxidation sites excluding steroid dienone is 1. The molecule has 9 nitrogen and oxygen atoms in total. The zero-order valence-electron chi connectivity index (χ0n) is 18.0. The molecule has 0 radical (unpaired) electrons. The largest absolute Gasteiger partial charge is 0.472 e. The molecule has 3 aromatic heterocycles. The number of hydrogen-bond acceptors (Lipinski definition) is 7. The molecular formula is C23H22FN7O2. The third kappa shape index (κ3) is 3.95. The number of halogens is 1. The number of carbonyl (C=O) groups excluding carboxylic acids is 1. The number of ether oxygens (including phenoxy) is 1. The minimum absolute atomic E-state index is 0.0696. The summed E-state index contributed by atoms with van der Waals surface area (Å²) in [5.74, 6) is 0.441. The molecule has 0 aromatic carbocycles. The third-order valence-corrected chi connectivity index (χ3v) is 5.67. The van der Waals surface area contributed by atoms with Gasteiger partial charge in [-0.1, -0.05) is 12.6 Å². The van der Waals surface area contributed by atoms with Gasteiger partial charge in [-0.3, -0.25) is 4.79 Å². The monoisotopic (exact) mass is 447 g/mol. The Hall–Kier alpha value is -4.08. The van der Waals surface area contributed by atoms with Crippen LogP contribution in [-0.2, 0) is 11.3 Å². The van der Waals surface area contributed by atoms with Crippen LogP contribution >= 0.6 is 0 Å². The standard InChI is InChI=1S/C23H22FN7O2/c1-14(24)11-26-23-15(2)18-6-4-9-30(18)19-7-10-31-21(28-19)17(12-27-31)22(32)29-20-16(13-33-23)5-3-8-25-20/h3,5,7-8,10-12,18H,2,4,6,9,13H2,1H3,(H,25,29,32)/b14-11+,26-23?/t18-/m1/s1. The Kier molecular flexibility index (Phi) is 5.33. The summed E-state index contributed by atoms with van der Waals surface area (Å²) in [7, 11) is 0. The fourth-order valence-corrected chi connectivity index (χ4v) is 4.07. The van der Waals surface area contributed by atoms with E-state index >= 15 is 0 Å². The first-order valence-corrected chi connectivity index (χ1v) is 10.6. The number of pyridine rings is 1. The first-order chi connectivity index (χ1) is 16.0. The van der Waals surface area contributed by atoms with E-state index in [0.717, 1.165) is 25.6 Å². The van der Waals surface area contributed by atoms with Crippen LogP contribution in [0.25, 0.3) is 5.65 Å². The van der Waals surface area contributed by atoms with Crippen LogP contribution in [0.3, 0.4) is 0 Å². The highest BCUT2D eigenvalue weighted by Gasteiger charge is 2.32. The number of carbonyl (C=O) groups is 1. The average Bonchev–Trinajstić information content (AvgIpc) is 3.46. The lowest BCUT2D eigenvalue weighted by molar-refractivity contribution is 0.102. The van der Waals surface area contributed by atoms with Gasteiger partial charge in [-0.25, -0.2) is 23.9 Å². The van der Waals surface area contributed by atoms with Gasteiger partial charge >= 0.3 is 0 Å². The number of anilines is 2. The molecule has 0 unspecified atom stereocenters. The van der Waals surface area contributed by atoms with Crippen molar-refractivity contribution >= 4 is 29.1 Å². The average molecular weight is 447 g/mol. The van der Waals surface area contributed by atoms with Crippen LogP contribution in [0, 0.1) is 0 Å². The number of nitrogens with zero attached hydrogens (tertiary/aromatic N) is 6. The Morgan fingerprint density at radius 1 is 1.42 bits per heavy atom. The van der Waals surface area contributed by atoms with Crippen molar-refractivity contribution in [1.82, 2.24) is 19.6 Å². The highest BCUT2D eigenvalue weighted by Crippen LogP contribution is 2.30. The summed E-state index contributed by atoms with van der Waals surface area (Å²) in [5, 5.41) is 7.08. The zero-order chi connectivity index (χ0) is 22.9. The molecule has 33 heavy (non-hydrogen) atoms. The fourth-order valence-electron chi connectivity index (χ4n) is 4.07. The molecule has 2 aliphatic rings. The third-order valence-electron chi connectivity index (χ3n) is 5.67. The van der Waals surface area contributed by atoms with E-state index in [1.54, 1.807) is 29.0 Å². The molecule has 168 valence electrons.